The third kappa shape index (κ3) is 5.34. The number of rotatable bonds is 7. The Morgan fingerprint density at radius 1 is 1.11 bits per heavy atom. The molecule has 0 saturated heterocycles. The maximum atomic E-state index is 12.7. The van der Waals surface area contributed by atoms with Gasteiger partial charge in [-0.3, -0.25) is 4.79 Å². The second-order valence-corrected chi connectivity index (χ2v) is 7.71. The van der Waals surface area contributed by atoms with Gasteiger partial charge in [0.15, 0.2) is 0 Å². The van der Waals surface area contributed by atoms with Crippen molar-refractivity contribution in [1.82, 2.24) is 15.1 Å². The third-order valence-electron chi connectivity index (χ3n) is 3.91. The molecule has 140 valence electrons. The van der Waals surface area contributed by atoms with Crippen LogP contribution in [0.3, 0.4) is 0 Å². The Labute approximate surface area is 167 Å². The highest BCUT2D eigenvalue weighted by Gasteiger charge is 2.20. The fourth-order valence-electron chi connectivity index (χ4n) is 2.48. The van der Waals surface area contributed by atoms with E-state index in [1.807, 2.05) is 68.4 Å². The SMILES string of the molecule is CC(C)N(Cc1nnc(-c2ccccc2)o1)C(=O)CSc1ccc(Cl)cc1. The summed E-state index contributed by atoms with van der Waals surface area (Å²) in [7, 11) is 0. The predicted molar refractivity (Wildman–Crippen MR) is 108 cm³/mol. The van der Waals surface area contributed by atoms with E-state index >= 15 is 0 Å². The number of benzene rings is 2. The van der Waals surface area contributed by atoms with Crippen molar-refractivity contribution >= 4 is 29.3 Å². The van der Waals surface area contributed by atoms with Gasteiger partial charge >= 0.3 is 0 Å². The minimum absolute atomic E-state index is 0.0180. The van der Waals surface area contributed by atoms with Crippen LogP contribution in [-0.2, 0) is 11.3 Å². The van der Waals surface area contributed by atoms with Crippen LogP contribution in [0.15, 0.2) is 63.9 Å². The van der Waals surface area contributed by atoms with Crippen LogP contribution in [0.1, 0.15) is 19.7 Å². The number of carbonyl (C=O) groups excluding carboxylic acids is 1. The molecule has 0 spiro atoms. The lowest BCUT2D eigenvalue weighted by Crippen LogP contribution is -2.37. The summed E-state index contributed by atoms with van der Waals surface area (Å²) < 4.78 is 5.74. The molecule has 3 aromatic rings. The van der Waals surface area contributed by atoms with E-state index in [4.69, 9.17) is 16.0 Å². The molecule has 0 N–H and O–H groups in total. The lowest BCUT2D eigenvalue weighted by Gasteiger charge is -2.25. The zero-order valence-corrected chi connectivity index (χ0v) is 16.7. The van der Waals surface area contributed by atoms with Crippen molar-refractivity contribution in [2.75, 3.05) is 5.75 Å². The Morgan fingerprint density at radius 2 is 1.81 bits per heavy atom. The zero-order valence-electron chi connectivity index (χ0n) is 15.1. The van der Waals surface area contributed by atoms with Gasteiger partial charge < -0.3 is 9.32 Å². The first-order valence-electron chi connectivity index (χ1n) is 8.58. The van der Waals surface area contributed by atoms with Crippen LogP contribution >= 0.6 is 23.4 Å². The van der Waals surface area contributed by atoms with Crippen molar-refractivity contribution in [3.05, 3.63) is 65.5 Å². The van der Waals surface area contributed by atoms with Gasteiger partial charge in [0.05, 0.1) is 12.3 Å². The van der Waals surface area contributed by atoms with E-state index in [1.54, 1.807) is 4.90 Å². The first-order valence-corrected chi connectivity index (χ1v) is 9.95. The molecular weight excluding hydrogens is 382 g/mol. The van der Waals surface area contributed by atoms with Crippen molar-refractivity contribution in [2.45, 2.75) is 31.3 Å². The lowest BCUT2D eigenvalue weighted by atomic mass is 10.2. The van der Waals surface area contributed by atoms with Crippen molar-refractivity contribution < 1.29 is 9.21 Å². The van der Waals surface area contributed by atoms with E-state index in [0.717, 1.165) is 10.5 Å². The fourth-order valence-corrected chi connectivity index (χ4v) is 3.39. The van der Waals surface area contributed by atoms with E-state index in [9.17, 15) is 4.79 Å². The van der Waals surface area contributed by atoms with Crippen LogP contribution in [0, 0.1) is 0 Å². The van der Waals surface area contributed by atoms with Gasteiger partial charge in [0.1, 0.15) is 0 Å². The number of nitrogens with zero attached hydrogens (tertiary/aromatic N) is 3. The molecule has 5 nitrogen and oxygen atoms in total. The second kappa shape index (κ2) is 9.06. The average molecular weight is 402 g/mol. The largest absolute Gasteiger partial charge is 0.419 e. The minimum atomic E-state index is 0.0180. The van der Waals surface area contributed by atoms with Gasteiger partial charge in [-0.1, -0.05) is 29.8 Å². The number of carbonyl (C=O) groups is 1. The molecule has 7 heteroatoms. The van der Waals surface area contributed by atoms with Crippen LogP contribution in [0.5, 0.6) is 0 Å². The molecule has 0 fully saturated rings. The molecule has 1 aromatic heterocycles. The second-order valence-electron chi connectivity index (χ2n) is 6.22. The zero-order chi connectivity index (χ0) is 19.2. The molecule has 27 heavy (non-hydrogen) atoms. The first kappa shape index (κ1) is 19.5. The monoisotopic (exact) mass is 401 g/mol. The summed E-state index contributed by atoms with van der Waals surface area (Å²) in [6, 6.07) is 17.0. The maximum absolute atomic E-state index is 12.7. The van der Waals surface area contributed by atoms with E-state index in [2.05, 4.69) is 10.2 Å². The Kier molecular flexibility index (Phi) is 6.53. The summed E-state index contributed by atoms with van der Waals surface area (Å²) in [5.41, 5.74) is 0.858. The highest BCUT2D eigenvalue weighted by atomic mass is 35.5. The molecular formula is C20H20ClN3O2S. The molecule has 2 aromatic carbocycles. The van der Waals surface area contributed by atoms with E-state index in [-0.39, 0.29) is 18.5 Å². The molecule has 0 aliphatic heterocycles. The van der Waals surface area contributed by atoms with Crippen LogP contribution in [-0.4, -0.2) is 32.8 Å². The number of halogens is 1. The van der Waals surface area contributed by atoms with Gasteiger partial charge in [0, 0.05) is 21.5 Å². The smallest absolute Gasteiger partial charge is 0.247 e. The lowest BCUT2D eigenvalue weighted by molar-refractivity contribution is -0.131. The van der Waals surface area contributed by atoms with Gasteiger partial charge in [-0.05, 0) is 50.2 Å². The third-order valence-corrected chi connectivity index (χ3v) is 5.16. The summed E-state index contributed by atoms with van der Waals surface area (Å²) in [4.78, 5) is 15.4. The maximum Gasteiger partial charge on any atom is 0.247 e. The number of thioether (sulfide) groups is 1. The number of aromatic nitrogens is 2. The van der Waals surface area contributed by atoms with Gasteiger partial charge in [-0.2, -0.15) is 0 Å². The van der Waals surface area contributed by atoms with Gasteiger partial charge in [0.25, 0.3) is 0 Å². The first-order chi connectivity index (χ1) is 13.0. The molecule has 3 rings (SSSR count). The number of amides is 1. The summed E-state index contributed by atoms with van der Waals surface area (Å²) >= 11 is 7.37. The Hall–Kier alpha value is -2.31. The van der Waals surface area contributed by atoms with Crippen LogP contribution in [0.4, 0.5) is 0 Å². The number of hydrogen-bond acceptors (Lipinski definition) is 5. The molecule has 0 radical (unpaired) electrons. The molecule has 0 saturated carbocycles. The van der Waals surface area contributed by atoms with E-state index in [0.29, 0.717) is 22.6 Å². The van der Waals surface area contributed by atoms with Gasteiger partial charge in [0.2, 0.25) is 17.7 Å². The molecule has 1 amide bonds. The van der Waals surface area contributed by atoms with Crippen molar-refractivity contribution in [2.24, 2.45) is 0 Å². The molecule has 0 unspecified atom stereocenters. The quantitative estimate of drug-likeness (QED) is 0.526. The number of hydrogen-bond donors (Lipinski definition) is 0. The summed E-state index contributed by atoms with van der Waals surface area (Å²) in [6.45, 7) is 4.23. The molecule has 1 heterocycles. The highest BCUT2D eigenvalue weighted by molar-refractivity contribution is 8.00. The van der Waals surface area contributed by atoms with E-state index in [1.165, 1.54) is 11.8 Å². The van der Waals surface area contributed by atoms with Crippen molar-refractivity contribution in [3.63, 3.8) is 0 Å². The van der Waals surface area contributed by atoms with Crippen molar-refractivity contribution in [1.29, 1.82) is 0 Å². The molecule has 0 bridgehead atoms. The highest BCUT2D eigenvalue weighted by Crippen LogP contribution is 2.22. The Bertz CT molecular complexity index is 882. The molecule has 0 atom stereocenters. The normalized spacial score (nSPS) is 11.0. The van der Waals surface area contributed by atoms with Gasteiger partial charge in [-0.25, -0.2) is 0 Å². The van der Waals surface area contributed by atoms with Gasteiger partial charge in [-0.15, -0.1) is 22.0 Å². The summed E-state index contributed by atoms with van der Waals surface area (Å²) in [6.07, 6.45) is 0. The Balaban J connectivity index is 1.64. The topological polar surface area (TPSA) is 59.2 Å². The van der Waals surface area contributed by atoms with E-state index < -0.39 is 0 Å². The van der Waals surface area contributed by atoms with Crippen molar-refractivity contribution in [3.8, 4) is 11.5 Å². The minimum Gasteiger partial charge on any atom is -0.419 e. The van der Waals surface area contributed by atoms with Crippen LogP contribution in [0.2, 0.25) is 5.02 Å². The molecule has 0 aliphatic rings. The Morgan fingerprint density at radius 3 is 2.48 bits per heavy atom. The summed E-state index contributed by atoms with van der Waals surface area (Å²) in [5, 5.41) is 8.86. The van der Waals surface area contributed by atoms with Crippen LogP contribution in [0.25, 0.3) is 11.5 Å². The summed E-state index contributed by atoms with van der Waals surface area (Å²) in [5.74, 6) is 1.23. The predicted octanol–water partition coefficient (Wildman–Crippen LogP) is 4.92. The molecule has 0 aliphatic carbocycles. The fraction of sp³-hybridized carbons (Fsp3) is 0.250. The standard InChI is InChI=1S/C20H20ClN3O2S/c1-14(2)24(19(25)13-27-17-10-8-16(21)9-11-17)12-18-22-23-20(26-18)15-6-4-3-5-7-15/h3-11,14H,12-13H2,1-2H3. The average Bonchev–Trinajstić information content (AvgIpc) is 3.15. The van der Waals surface area contributed by atoms with Crippen LogP contribution < -0.4 is 0 Å².